The highest BCUT2D eigenvalue weighted by Crippen LogP contribution is 2.36. The van der Waals surface area contributed by atoms with E-state index in [4.69, 9.17) is 4.52 Å². The van der Waals surface area contributed by atoms with Gasteiger partial charge in [0, 0.05) is 36.7 Å². The first-order valence-corrected chi connectivity index (χ1v) is 10.7. The second-order valence-corrected chi connectivity index (χ2v) is 8.24. The summed E-state index contributed by atoms with van der Waals surface area (Å²) in [6, 6.07) is 17.3. The number of amides is 2. The molecule has 0 bridgehead atoms. The molecule has 31 heavy (non-hydrogen) atoms. The van der Waals surface area contributed by atoms with E-state index in [-0.39, 0.29) is 24.2 Å². The summed E-state index contributed by atoms with van der Waals surface area (Å²) in [5.41, 5.74) is 2.58. The Morgan fingerprint density at radius 1 is 1.13 bits per heavy atom. The van der Waals surface area contributed by atoms with Crippen LogP contribution in [0.15, 0.2) is 59.1 Å². The molecule has 2 aromatic carbocycles. The van der Waals surface area contributed by atoms with Crippen LogP contribution in [0.4, 0.5) is 5.69 Å². The van der Waals surface area contributed by atoms with Gasteiger partial charge < -0.3 is 14.7 Å². The Balaban J connectivity index is 1.26. The van der Waals surface area contributed by atoms with E-state index in [1.54, 1.807) is 4.90 Å². The number of aromatic nitrogens is 2. The van der Waals surface area contributed by atoms with Gasteiger partial charge in [-0.3, -0.25) is 9.59 Å². The van der Waals surface area contributed by atoms with Crippen LogP contribution < -0.4 is 10.2 Å². The number of carbonyl (C=O) groups excluding carboxylic acids is 2. The van der Waals surface area contributed by atoms with Crippen molar-refractivity contribution in [2.75, 3.05) is 11.4 Å². The minimum atomic E-state index is -0.365. The van der Waals surface area contributed by atoms with Crippen molar-refractivity contribution in [2.45, 2.75) is 38.1 Å². The molecule has 1 atom stereocenters. The molecule has 0 radical (unpaired) electrons. The van der Waals surface area contributed by atoms with Gasteiger partial charge in [0.1, 0.15) is 0 Å². The maximum absolute atomic E-state index is 12.6. The van der Waals surface area contributed by atoms with Gasteiger partial charge in [0.2, 0.25) is 23.5 Å². The first kappa shape index (κ1) is 19.5. The van der Waals surface area contributed by atoms with Gasteiger partial charge in [-0.25, -0.2) is 0 Å². The van der Waals surface area contributed by atoms with E-state index in [9.17, 15) is 9.59 Å². The molecule has 1 aliphatic heterocycles. The van der Waals surface area contributed by atoms with Crippen molar-refractivity contribution in [3.05, 3.63) is 66.1 Å². The molecule has 5 rings (SSSR count). The summed E-state index contributed by atoms with van der Waals surface area (Å²) < 4.78 is 5.43. The minimum Gasteiger partial charge on any atom is -0.352 e. The first-order valence-electron chi connectivity index (χ1n) is 10.7. The van der Waals surface area contributed by atoms with Crippen LogP contribution >= 0.6 is 0 Å². The summed E-state index contributed by atoms with van der Waals surface area (Å²) in [6.07, 6.45) is 3.60. The molecule has 0 unspecified atom stereocenters. The second-order valence-electron chi connectivity index (χ2n) is 8.24. The zero-order valence-electron chi connectivity index (χ0n) is 17.2. The van der Waals surface area contributed by atoms with Crippen LogP contribution in [0.5, 0.6) is 0 Å². The number of benzene rings is 2. The Hall–Kier alpha value is -3.48. The summed E-state index contributed by atoms with van der Waals surface area (Å²) >= 11 is 0. The molecule has 1 saturated carbocycles. The Kier molecular flexibility index (Phi) is 5.24. The van der Waals surface area contributed by atoms with Gasteiger partial charge in [-0.15, -0.1) is 0 Å². The third-order valence-electron chi connectivity index (χ3n) is 6.12. The van der Waals surface area contributed by atoms with E-state index in [2.05, 4.69) is 15.5 Å². The SMILES string of the molecule is O=C(NCc1ccccc1)[C@@H]1CC(=O)N(c2cccc(-c3noc(C4CCC4)n3)c2)C1. The van der Waals surface area contributed by atoms with Crippen LogP contribution in [0.3, 0.4) is 0 Å². The molecule has 3 aromatic rings. The van der Waals surface area contributed by atoms with Gasteiger partial charge in [0.15, 0.2) is 0 Å². The summed E-state index contributed by atoms with van der Waals surface area (Å²) in [5.74, 6) is 1.08. The lowest BCUT2D eigenvalue weighted by Crippen LogP contribution is -2.32. The van der Waals surface area contributed by atoms with E-state index in [0.29, 0.717) is 30.7 Å². The molecule has 1 aliphatic carbocycles. The molecule has 1 saturated heterocycles. The fourth-order valence-corrected chi connectivity index (χ4v) is 4.05. The summed E-state index contributed by atoms with van der Waals surface area (Å²) in [5, 5.41) is 7.06. The quantitative estimate of drug-likeness (QED) is 0.662. The van der Waals surface area contributed by atoms with Crippen LogP contribution in [0.2, 0.25) is 0 Å². The maximum atomic E-state index is 12.6. The molecule has 1 aromatic heterocycles. The number of nitrogens with zero attached hydrogens (tertiary/aromatic N) is 3. The average molecular weight is 416 g/mol. The third-order valence-corrected chi connectivity index (χ3v) is 6.12. The molecule has 7 heteroatoms. The zero-order chi connectivity index (χ0) is 21.2. The Morgan fingerprint density at radius 2 is 1.97 bits per heavy atom. The maximum Gasteiger partial charge on any atom is 0.230 e. The normalized spacial score (nSPS) is 18.8. The van der Waals surface area contributed by atoms with Crippen LogP contribution in [0.1, 0.15) is 43.1 Å². The highest BCUT2D eigenvalue weighted by Gasteiger charge is 2.35. The van der Waals surface area contributed by atoms with Gasteiger partial charge in [-0.05, 0) is 30.5 Å². The van der Waals surface area contributed by atoms with Crippen molar-refractivity contribution in [1.29, 1.82) is 0 Å². The minimum absolute atomic E-state index is 0.0553. The standard InChI is InChI=1S/C24H24N4O3/c29-21-13-19(23(30)25-14-16-6-2-1-3-7-16)15-28(21)20-11-5-10-18(12-20)22-26-24(31-27-22)17-8-4-9-17/h1-3,5-7,10-12,17,19H,4,8-9,13-15H2,(H,25,30)/t19-/m1/s1. The molecule has 7 nitrogen and oxygen atoms in total. The van der Waals surface area contributed by atoms with Crippen molar-refractivity contribution in [2.24, 2.45) is 5.92 Å². The van der Waals surface area contributed by atoms with Gasteiger partial charge >= 0.3 is 0 Å². The number of rotatable bonds is 6. The topological polar surface area (TPSA) is 88.3 Å². The second kappa shape index (κ2) is 8.34. The fourth-order valence-electron chi connectivity index (χ4n) is 4.05. The lowest BCUT2D eigenvalue weighted by Gasteiger charge is -2.20. The van der Waals surface area contributed by atoms with E-state index in [1.165, 1.54) is 6.42 Å². The molecule has 2 fully saturated rings. The summed E-state index contributed by atoms with van der Waals surface area (Å²) in [6.45, 7) is 0.823. The Morgan fingerprint density at radius 3 is 2.74 bits per heavy atom. The lowest BCUT2D eigenvalue weighted by molar-refractivity contribution is -0.126. The molecular formula is C24H24N4O3. The molecule has 1 N–H and O–H groups in total. The Labute approximate surface area is 180 Å². The largest absolute Gasteiger partial charge is 0.352 e. The average Bonchev–Trinajstić information content (AvgIpc) is 3.39. The van der Waals surface area contributed by atoms with E-state index in [1.807, 2.05) is 54.6 Å². The van der Waals surface area contributed by atoms with Crippen LogP contribution in [-0.4, -0.2) is 28.5 Å². The van der Waals surface area contributed by atoms with Crippen molar-refractivity contribution in [3.63, 3.8) is 0 Å². The van der Waals surface area contributed by atoms with Crippen LogP contribution in [-0.2, 0) is 16.1 Å². The summed E-state index contributed by atoms with van der Waals surface area (Å²) in [4.78, 5) is 31.5. The number of anilines is 1. The number of hydrogen-bond donors (Lipinski definition) is 1. The zero-order valence-corrected chi connectivity index (χ0v) is 17.2. The predicted octanol–water partition coefficient (Wildman–Crippen LogP) is 3.67. The van der Waals surface area contributed by atoms with Crippen molar-refractivity contribution < 1.29 is 14.1 Å². The molecule has 0 spiro atoms. The van der Waals surface area contributed by atoms with E-state index < -0.39 is 0 Å². The predicted molar refractivity (Wildman–Crippen MR) is 115 cm³/mol. The first-order chi connectivity index (χ1) is 15.2. The van der Waals surface area contributed by atoms with Crippen molar-refractivity contribution in [3.8, 4) is 11.4 Å². The molecule has 2 amide bonds. The summed E-state index contributed by atoms with van der Waals surface area (Å²) in [7, 11) is 0. The van der Waals surface area contributed by atoms with Crippen LogP contribution in [0, 0.1) is 5.92 Å². The highest BCUT2D eigenvalue weighted by atomic mass is 16.5. The molecule has 158 valence electrons. The van der Waals surface area contributed by atoms with Crippen molar-refractivity contribution in [1.82, 2.24) is 15.5 Å². The number of hydrogen-bond acceptors (Lipinski definition) is 5. The molecule has 2 aliphatic rings. The smallest absolute Gasteiger partial charge is 0.230 e. The number of nitrogens with one attached hydrogen (secondary N) is 1. The number of carbonyl (C=O) groups is 2. The Bertz CT molecular complexity index is 1090. The lowest BCUT2D eigenvalue weighted by atomic mass is 9.85. The van der Waals surface area contributed by atoms with Crippen molar-refractivity contribution >= 4 is 17.5 Å². The molecule has 2 heterocycles. The molecular weight excluding hydrogens is 392 g/mol. The van der Waals surface area contributed by atoms with Gasteiger partial charge in [-0.1, -0.05) is 54.0 Å². The fraction of sp³-hybridized carbons (Fsp3) is 0.333. The highest BCUT2D eigenvalue weighted by molar-refractivity contribution is 6.00. The van der Waals surface area contributed by atoms with Gasteiger partial charge in [0.05, 0.1) is 5.92 Å². The van der Waals surface area contributed by atoms with Crippen LogP contribution in [0.25, 0.3) is 11.4 Å². The van der Waals surface area contributed by atoms with E-state index >= 15 is 0 Å². The van der Waals surface area contributed by atoms with E-state index in [0.717, 1.165) is 29.7 Å². The third kappa shape index (κ3) is 4.08. The van der Waals surface area contributed by atoms with Gasteiger partial charge in [0.25, 0.3) is 0 Å². The van der Waals surface area contributed by atoms with Gasteiger partial charge in [-0.2, -0.15) is 4.98 Å². The monoisotopic (exact) mass is 416 g/mol.